The van der Waals surface area contributed by atoms with E-state index in [9.17, 15) is 13.2 Å². The zero-order chi connectivity index (χ0) is 15.6. The minimum absolute atomic E-state index is 0.0354. The van der Waals surface area contributed by atoms with Gasteiger partial charge < -0.3 is 4.90 Å². The van der Waals surface area contributed by atoms with E-state index < -0.39 is 9.84 Å². The van der Waals surface area contributed by atoms with Gasteiger partial charge in [0.2, 0.25) is 0 Å². The van der Waals surface area contributed by atoms with Crippen LogP contribution >= 0.6 is 11.3 Å². The number of urea groups is 1. The molecular formula is C13H21N3O3S2. The Morgan fingerprint density at radius 2 is 2.29 bits per heavy atom. The van der Waals surface area contributed by atoms with E-state index in [0.717, 1.165) is 12.1 Å². The molecule has 1 fully saturated rings. The summed E-state index contributed by atoms with van der Waals surface area (Å²) in [7, 11) is -2.99. The van der Waals surface area contributed by atoms with Crippen molar-refractivity contribution in [1.82, 2.24) is 9.88 Å². The van der Waals surface area contributed by atoms with Gasteiger partial charge in [-0.25, -0.2) is 18.2 Å². The SMILES string of the molecule is CC(C)c1csc(NC(=O)N2CC[C@@H](CS(C)(=O)=O)C2)n1. The van der Waals surface area contributed by atoms with Crippen LogP contribution in [0.2, 0.25) is 0 Å². The monoisotopic (exact) mass is 331 g/mol. The molecule has 1 atom stereocenters. The molecule has 0 aromatic carbocycles. The molecule has 1 N–H and O–H groups in total. The predicted octanol–water partition coefficient (Wildman–Crippen LogP) is 2.16. The molecule has 21 heavy (non-hydrogen) atoms. The number of hydrogen-bond donors (Lipinski definition) is 1. The van der Waals surface area contributed by atoms with E-state index in [-0.39, 0.29) is 17.7 Å². The number of anilines is 1. The summed E-state index contributed by atoms with van der Waals surface area (Å²) in [5.74, 6) is 0.511. The van der Waals surface area contributed by atoms with Crippen LogP contribution in [-0.2, 0) is 9.84 Å². The van der Waals surface area contributed by atoms with Crippen LogP contribution in [-0.4, -0.2) is 49.4 Å². The van der Waals surface area contributed by atoms with Gasteiger partial charge in [0.1, 0.15) is 9.84 Å². The molecule has 0 radical (unpaired) electrons. The van der Waals surface area contributed by atoms with Crippen LogP contribution in [0.5, 0.6) is 0 Å². The Kier molecular flexibility index (Phi) is 4.88. The quantitative estimate of drug-likeness (QED) is 0.917. The summed E-state index contributed by atoms with van der Waals surface area (Å²) in [6.07, 6.45) is 1.97. The van der Waals surface area contributed by atoms with Crippen LogP contribution < -0.4 is 5.32 Å². The fraction of sp³-hybridized carbons (Fsp3) is 0.692. The molecule has 6 nitrogen and oxygen atoms in total. The lowest BCUT2D eigenvalue weighted by Crippen LogP contribution is -2.33. The summed E-state index contributed by atoms with van der Waals surface area (Å²) < 4.78 is 22.6. The van der Waals surface area contributed by atoms with Gasteiger partial charge >= 0.3 is 6.03 Å². The third-order valence-electron chi connectivity index (χ3n) is 3.44. The molecule has 1 aromatic heterocycles. The van der Waals surface area contributed by atoms with Gasteiger partial charge in [-0.2, -0.15) is 0 Å². The lowest BCUT2D eigenvalue weighted by atomic mass is 10.2. The molecule has 1 aliphatic heterocycles. The van der Waals surface area contributed by atoms with Crippen molar-refractivity contribution >= 4 is 32.3 Å². The molecule has 0 saturated carbocycles. The van der Waals surface area contributed by atoms with Crippen molar-refractivity contribution in [2.75, 3.05) is 30.4 Å². The van der Waals surface area contributed by atoms with E-state index in [2.05, 4.69) is 24.1 Å². The summed E-state index contributed by atoms with van der Waals surface area (Å²) in [6, 6.07) is -0.198. The molecule has 2 rings (SSSR count). The average Bonchev–Trinajstić information content (AvgIpc) is 2.96. The zero-order valence-corrected chi connectivity index (χ0v) is 14.1. The van der Waals surface area contributed by atoms with Crippen LogP contribution in [0.4, 0.5) is 9.93 Å². The fourth-order valence-corrected chi connectivity index (χ4v) is 4.35. The Labute approximate surface area is 129 Å². The molecule has 1 aliphatic rings. The number of hydrogen-bond acceptors (Lipinski definition) is 5. The maximum Gasteiger partial charge on any atom is 0.323 e. The van der Waals surface area contributed by atoms with Crippen molar-refractivity contribution in [1.29, 1.82) is 0 Å². The summed E-state index contributed by atoms with van der Waals surface area (Å²) in [4.78, 5) is 18.2. The second-order valence-electron chi connectivity index (χ2n) is 5.86. The third kappa shape index (κ3) is 4.67. The first-order chi connectivity index (χ1) is 9.74. The first-order valence-electron chi connectivity index (χ1n) is 6.93. The molecule has 0 aliphatic carbocycles. The lowest BCUT2D eigenvalue weighted by Gasteiger charge is -2.16. The Morgan fingerprint density at radius 1 is 1.57 bits per heavy atom. The highest BCUT2D eigenvalue weighted by atomic mass is 32.2. The minimum atomic E-state index is -2.99. The van der Waals surface area contributed by atoms with E-state index in [1.807, 2.05) is 5.38 Å². The molecule has 2 heterocycles. The van der Waals surface area contributed by atoms with Crippen molar-refractivity contribution < 1.29 is 13.2 Å². The molecule has 0 spiro atoms. The van der Waals surface area contributed by atoms with E-state index in [1.54, 1.807) is 4.90 Å². The third-order valence-corrected chi connectivity index (χ3v) is 5.29. The van der Waals surface area contributed by atoms with Crippen molar-refractivity contribution in [3.63, 3.8) is 0 Å². The second-order valence-corrected chi connectivity index (χ2v) is 8.90. The highest BCUT2D eigenvalue weighted by Gasteiger charge is 2.28. The highest BCUT2D eigenvalue weighted by Crippen LogP contribution is 2.23. The van der Waals surface area contributed by atoms with E-state index in [1.165, 1.54) is 17.6 Å². The summed E-state index contributed by atoms with van der Waals surface area (Å²) in [6.45, 7) is 5.18. The molecule has 1 saturated heterocycles. The summed E-state index contributed by atoms with van der Waals surface area (Å²) in [5.41, 5.74) is 0.965. The standard InChI is InChI=1S/C13H21N3O3S2/c1-9(2)11-7-20-12(14-11)15-13(17)16-5-4-10(6-16)8-21(3,18)19/h7,9-10H,4-6,8H2,1-3H3,(H,14,15,17)/t10-/m1/s1. The Hall–Kier alpha value is -1.15. The Morgan fingerprint density at radius 3 is 2.86 bits per heavy atom. The van der Waals surface area contributed by atoms with Crippen LogP contribution in [0.15, 0.2) is 5.38 Å². The molecule has 118 valence electrons. The molecule has 0 unspecified atom stereocenters. The number of sulfone groups is 1. The smallest absolute Gasteiger partial charge is 0.323 e. The van der Waals surface area contributed by atoms with Crippen LogP contribution in [0.3, 0.4) is 0 Å². The summed E-state index contributed by atoms with van der Waals surface area (Å²) >= 11 is 1.41. The maximum absolute atomic E-state index is 12.1. The second kappa shape index (κ2) is 6.31. The molecule has 0 bridgehead atoms. The maximum atomic E-state index is 12.1. The number of thiazole rings is 1. The number of likely N-dealkylation sites (tertiary alicyclic amines) is 1. The number of amides is 2. The van der Waals surface area contributed by atoms with Crippen LogP contribution in [0, 0.1) is 5.92 Å². The molecule has 8 heteroatoms. The van der Waals surface area contributed by atoms with Crippen LogP contribution in [0.25, 0.3) is 0 Å². The largest absolute Gasteiger partial charge is 0.324 e. The molecular weight excluding hydrogens is 310 g/mol. The van der Waals surface area contributed by atoms with Crippen molar-refractivity contribution in [2.45, 2.75) is 26.2 Å². The molecule has 1 aromatic rings. The van der Waals surface area contributed by atoms with Crippen molar-refractivity contribution in [3.05, 3.63) is 11.1 Å². The van der Waals surface area contributed by atoms with Crippen molar-refractivity contribution in [2.24, 2.45) is 5.92 Å². The van der Waals surface area contributed by atoms with Crippen molar-refractivity contribution in [3.8, 4) is 0 Å². The number of rotatable bonds is 4. The van der Waals surface area contributed by atoms with Gasteiger partial charge in [0.15, 0.2) is 5.13 Å². The first-order valence-corrected chi connectivity index (χ1v) is 9.87. The fourth-order valence-electron chi connectivity index (χ4n) is 2.36. The predicted molar refractivity (Wildman–Crippen MR) is 84.6 cm³/mol. The number of carbonyl (C=O) groups excluding carboxylic acids is 1. The number of nitrogens with one attached hydrogen (secondary N) is 1. The highest BCUT2D eigenvalue weighted by molar-refractivity contribution is 7.90. The topological polar surface area (TPSA) is 79.4 Å². The Balaban J connectivity index is 1.89. The molecule has 2 amide bonds. The van der Waals surface area contributed by atoms with Gasteiger partial charge in [-0.15, -0.1) is 11.3 Å². The van der Waals surface area contributed by atoms with Gasteiger partial charge in [0.25, 0.3) is 0 Å². The number of aromatic nitrogens is 1. The van der Waals surface area contributed by atoms with E-state index in [4.69, 9.17) is 0 Å². The Bertz CT molecular complexity index is 610. The zero-order valence-electron chi connectivity index (χ0n) is 12.5. The lowest BCUT2D eigenvalue weighted by molar-refractivity contribution is 0.221. The van der Waals surface area contributed by atoms with Gasteiger partial charge in [0, 0.05) is 24.7 Å². The van der Waals surface area contributed by atoms with Gasteiger partial charge in [-0.1, -0.05) is 13.8 Å². The number of nitrogens with zero attached hydrogens (tertiary/aromatic N) is 2. The van der Waals surface area contributed by atoms with E-state index in [0.29, 0.717) is 24.1 Å². The van der Waals surface area contributed by atoms with Gasteiger partial charge in [0.05, 0.1) is 11.4 Å². The minimum Gasteiger partial charge on any atom is -0.324 e. The number of carbonyl (C=O) groups is 1. The van der Waals surface area contributed by atoms with Crippen LogP contribution in [0.1, 0.15) is 31.9 Å². The summed E-state index contributed by atoms with van der Waals surface area (Å²) in [5, 5.41) is 5.32. The average molecular weight is 331 g/mol. The van der Waals surface area contributed by atoms with Gasteiger partial charge in [-0.3, -0.25) is 5.32 Å². The first kappa shape index (κ1) is 16.2. The van der Waals surface area contributed by atoms with Gasteiger partial charge in [-0.05, 0) is 18.3 Å². The normalized spacial score (nSPS) is 19.2. The van der Waals surface area contributed by atoms with E-state index >= 15 is 0 Å².